The lowest BCUT2D eigenvalue weighted by atomic mass is 9.70. The van der Waals surface area contributed by atoms with Crippen LogP contribution in [-0.2, 0) is 0 Å². The molecule has 1 aromatic carbocycles. The molecular weight excluding hydrogens is 184 g/mol. The molecule has 0 radical (unpaired) electrons. The molecule has 0 heterocycles. The van der Waals surface area contributed by atoms with Gasteiger partial charge in [0.15, 0.2) is 0 Å². The van der Waals surface area contributed by atoms with Crippen molar-refractivity contribution in [2.75, 3.05) is 0 Å². The molecule has 1 unspecified atom stereocenters. The number of rotatable bonds is 1. The highest BCUT2D eigenvalue weighted by atomic mass is 16.3. The monoisotopic (exact) mass is 204 g/mol. The third kappa shape index (κ3) is 2.53. The summed E-state index contributed by atoms with van der Waals surface area (Å²) in [7, 11) is 0. The van der Waals surface area contributed by atoms with Gasteiger partial charge in [-0.15, -0.1) is 0 Å². The van der Waals surface area contributed by atoms with Gasteiger partial charge in [-0.3, -0.25) is 0 Å². The quantitative estimate of drug-likeness (QED) is 0.731. The van der Waals surface area contributed by atoms with Crippen molar-refractivity contribution in [3.8, 4) is 5.75 Å². The van der Waals surface area contributed by atoms with Gasteiger partial charge >= 0.3 is 0 Å². The number of aromatic hydroxyl groups is 1. The van der Waals surface area contributed by atoms with Crippen LogP contribution >= 0.6 is 0 Å². The van der Waals surface area contributed by atoms with Gasteiger partial charge in [-0.2, -0.15) is 0 Å². The first-order valence-corrected chi connectivity index (χ1v) is 5.86. The molecule has 2 rings (SSSR count). The number of hydrogen-bond donors (Lipinski definition) is 1. The van der Waals surface area contributed by atoms with Crippen LogP contribution in [0.3, 0.4) is 0 Å². The van der Waals surface area contributed by atoms with E-state index in [2.05, 4.69) is 19.9 Å². The lowest BCUT2D eigenvalue weighted by Crippen LogP contribution is -2.21. The topological polar surface area (TPSA) is 20.2 Å². The lowest BCUT2D eigenvalue weighted by Gasteiger charge is -2.35. The third-order valence-corrected chi connectivity index (χ3v) is 3.55. The van der Waals surface area contributed by atoms with Crippen molar-refractivity contribution in [3.63, 3.8) is 0 Å². The molecule has 1 nitrogen and oxygen atoms in total. The molecule has 1 aliphatic rings. The largest absolute Gasteiger partial charge is 0.508 e. The summed E-state index contributed by atoms with van der Waals surface area (Å²) in [5, 5.41) is 9.47. The molecule has 1 aromatic rings. The van der Waals surface area contributed by atoms with Crippen LogP contribution in [0, 0.1) is 5.41 Å². The van der Waals surface area contributed by atoms with Gasteiger partial charge in [0.05, 0.1) is 0 Å². The predicted molar refractivity (Wildman–Crippen MR) is 63.1 cm³/mol. The van der Waals surface area contributed by atoms with E-state index in [0.717, 1.165) is 0 Å². The summed E-state index contributed by atoms with van der Waals surface area (Å²) in [6.07, 6.45) is 5.17. The van der Waals surface area contributed by atoms with Crippen LogP contribution in [0.2, 0.25) is 0 Å². The van der Waals surface area contributed by atoms with Crippen LogP contribution in [0.5, 0.6) is 5.75 Å². The molecule has 1 N–H and O–H groups in total. The number of hydrogen-bond acceptors (Lipinski definition) is 1. The smallest absolute Gasteiger partial charge is 0.115 e. The Bertz CT molecular complexity index is 341. The summed E-state index contributed by atoms with van der Waals surface area (Å²) in [6, 6.07) is 7.77. The molecular formula is C14H20O. The SMILES string of the molecule is CC1(C)CCCC(c2cccc(O)c2)C1. The minimum absolute atomic E-state index is 0.399. The summed E-state index contributed by atoms with van der Waals surface area (Å²) in [5.74, 6) is 1.04. The van der Waals surface area contributed by atoms with Crippen LogP contribution in [0.1, 0.15) is 51.0 Å². The van der Waals surface area contributed by atoms with E-state index in [1.54, 1.807) is 6.07 Å². The van der Waals surface area contributed by atoms with Crippen LogP contribution in [0.4, 0.5) is 0 Å². The predicted octanol–water partition coefficient (Wildman–Crippen LogP) is 4.08. The molecule has 82 valence electrons. The summed E-state index contributed by atoms with van der Waals surface area (Å²) in [5.41, 5.74) is 1.77. The first kappa shape index (κ1) is 10.5. The van der Waals surface area contributed by atoms with Crippen molar-refractivity contribution >= 4 is 0 Å². The zero-order valence-electron chi connectivity index (χ0n) is 9.66. The highest BCUT2D eigenvalue weighted by molar-refractivity contribution is 5.30. The normalized spacial score (nSPS) is 25.1. The Morgan fingerprint density at radius 1 is 1.33 bits per heavy atom. The highest BCUT2D eigenvalue weighted by Crippen LogP contribution is 2.43. The Morgan fingerprint density at radius 2 is 2.13 bits per heavy atom. The fraction of sp³-hybridized carbons (Fsp3) is 0.571. The Kier molecular flexibility index (Phi) is 2.72. The van der Waals surface area contributed by atoms with Gasteiger partial charge in [0.1, 0.15) is 5.75 Å². The second-order valence-corrected chi connectivity index (χ2v) is 5.55. The van der Waals surface area contributed by atoms with Crippen LogP contribution in [-0.4, -0.2) is 5.11 Å². The molecule has 1 atom stereocenters. The average Bonchev–Trinajstić information content (AvgIpc) is 2.16. The fourth-order valence-corrected chi connectivity index (χ4v) is 2.76. The van der Waals surface area contributed by atoms with Gasteiger partial charge in [-0.05, 0) is 48.3 Å². The minimum Gasteiger partial charge on any atom is -0.508 e. The summed E-state index contributed by atoms with van der Waals surface area (Å²) >= 11 is 0. The summed E-state index contributed by atoms with van der Waals surface area (Å²) < 4.78 is 0. The van der Waals surface area contributed by atoms with Crippen molar-refractivity contribution in [2.24, 2.45) is 5.41 Å². The Balaban J connectivity index is 2.17. The van der Waals surface area contributed by atoms with E-state index in [9.17, 15) is 5.11 Å². The van der Waals surface area contributed by atoms with Crippen molar-refractivity contribution in [1.29, 1.82) is 0 Å². The maximum absolute atomic E-state index is 9.47. The molecule has 0 bridgehead atoms. The summed E-state index contributed by atoms with van der Waals surface area (Å²) in [6.45, 7) is 4.70. The van der Waals surface area contributed by atoms with E-state index in [-0.39, 0.29) is 0 Å². The maximum atomic E-state index is 9.47. The fourth-order valence-electron chi connectivity index (χ4n) is 2.76. The van der Waals surface area contributed by atoms with Gasteiger partial charge in [-0.1, -0.05) is 32.4 Å². The van der Waals surface area contributed by atoms with E-state index in [1.807, 2.05) is 12.1 Å². The maximum Gasteiger partial charge on any atom is 0.115 e. The number of benzene rings is 1. The van der Waals surface area contributed by atoms with E-state index in [0.29, 0.717) is 17.1 Å². The molecule has 15 heavy (non-hydrogen) atoms. The minimum atomic E-state index is 0.399. The van der Waals surface area contributed by atoms with Crippen molar-refractivity contribution < 1.29 is 5.11 Å². The Labute approximate surface area is 92.1 Å². The molecule has 0 amide bonds. The van der Waals surface area contributed by atoms with E-state index >= 15 is 0 Å². The highest BCUT2D eigenvalue weighted by Gasteiger charge is 2.28. The van der Waals surface area contributed by atoms with Gasteiger partial charge in [-0.25, -0.2) is 0 Å². The Morgan fingerprint density at radius 3 is 2.80 bits per heavy atom. The number of phenols is 1. The van der Waals surface area contributed by atoms with Gasteiger partial charge < -0.3 is 5.11 Å². The average molecular weight is 204 g/mol. The van der Waals surface area contributed by atoms with Crippen molar-refractivity contribution in [1.82, 2.24) is 0 Å². The van der Waals surface area contributed by atoms with Crippen molar-refractivity contribution in [2.45, 2.75) is 45.4 Å². The summed E-state index contributed by atoms with van der Waals surface area (Å²) in [4.78, 5) is 0. The van der Waals surface area contributed by atoms with Crippen LogP contribution < -0.4 is 0 Å². The molecule has 0 saturated heterocycles. The molecule has 1 aliphatic carbocycles. The van der Waals surface area contributed by atoms with E-state index < -0.39 is 0 Å². The second-order valence-electron chi connectivity index (χ2n) is 5.55. The lowest BCUT2D eigenvalue weighted by molar-refractivity contribution is 0.219. The zero-order chi connectivity index (χ0) is 10.9. The van der Waals surface area contributed by atoms with E-state index in [1.165, 1.54) is 31.2 Å². The third-order valence-electron chi connectivity index (χ3n) is 3.55. The molecule has 0 spiro atoms. The molecule has 0 aromatic heterocycles. The first-order valence-electron chi connectivity index (χ1n) is 5.86. The van der Waals surface area contributed by atoms with Crippen LogP contribution in [0.25, 0.3) is 0 Å². The molecule has 1 fully saturated rings. The molecule has 0 aliphatic heterocycles. The second kappa shape index (κ2) is 3.88. The molecule has 1 heteroatoms. The Hall–Kier alpha value is -0.980. The standard InChI is InChI=1S/C14H20O/c1-14(2)8-4-6-12(10-14)11-5-3-7-13(15)9-11/h3,5,7,9,12,15H,4,6,8,10H2,1-2H3. The van der Waals surface area contributed by atoms with Crippen molar-refractivity contribution in [3.05, 3.63) is 29.8 Å². The van der Waals surface area contributed by atoms with Crippen LogP contribution in [0.15, 0.2) is 24.3 Å². The zero-order valence-corrected chi connectivity index (χ0v) is 9.66. The first-order chi connectivity index (χ1) is 7.07. The van der Waals surface area contributed by atoms with Gasteiger partial charge in [0.25, 0.3) is 0 Å². The van der Waals surface area contributed by atoms with E-state index in [4.69, 9.17) is 0 Å². The van der Waals surface area contributed by atoms with Gasteiger partial charge in [0.2, 0.25) is 0 Å². The van der Waals surface area contributed by atoms with Gasteiger partial charge in [0, 0.05) is 0 Å². The number of phenolic OH excluding ortho intramolecular Hbond substituents is 1. The molecule has 1 saturated carbocycles.